The lowest BCUT2D eigenvalue weighted by Crippen LogP contribution is -2.37. The van der Waals surface area contributed by atoms with E-state index in [0.29, 0.717) is 5.92 Å². The first kappa shape index (κ1) is 11.6. The molecule has 0 aromatic carbocycles. The SMILES string of the molecule is C=CC=NC(=C)[C@@H]1CCOC2(CCCC2)C1. The Balaban J connectivity index is 1.98. The van der Waals surface area contributed by atoms with Gasteiger partial charge in [0.05, 0.1) is 5.60 Å². The second kappa shape index (κ2) is 4.96. The number of rotatable bonds is 3. The number of aliphatic imine (C=N–C) groups is 1. The molecule has 1 heterocycles. The van der Waals surface area contributed by atoms with Gasteiger partial charge in [-0.05, 0) is 25.7 Å². The molecule has 2 heteroatoms. The third kappa shape index (κ3) is 2.43. The van der Waals surface area contributed by atoms with E-state index in [4.69, 9.17) is 4.74 Å². The first-order valence-electron chi connectivity index (χ1n) is 6.24. The number of nitrogens with zero attached hydrogens (tertiary/aromatic N) is 1. The van der Waals surface area contributed by atoms with Gasteiger partial charge in [0.2, 0.25) is 0 Å². The number of hydrogen-bond donors (Lipinski definition) is 0. The molecule has 2 rings (SSSR count). The zero-order chi connectivity index (χ0) is 11.4. The van der Waals surface area contributed by atoms with E-state index < -0.39 is 0 Å². The summed E-state index contributed by atoms with van der Waals surface area (Å²) >= 11 is 0. The van der Waals surface area contributed by atoms with E-state index in [9.17, 15) is 0 Å². The largest absolute Gasteiger partial charge is 0.375 e. The molecule has 0 bridgehead atoms. The van der Waals surface area contributed by atoms with Crippen molar-refractivity contribution in [1.29, 1.82) is 0 Å². The van der Waals surface area contributed by atoms with Crippen LogP contribution in [0, 0.1) is 5.92 Å². The van der Waals surface area contributed by atoms with Crippen LogP contribution in [-0.4, -0.2) is 18.4 Å². The van der Waals surface area contributed by atoms with Gasteiger partial charge in [0, 0.05) is 24.4 Å². The molecule has 2 fully saturated rings. The van der Waals surface area contributed by atoms with Crippen LogP contribution in [0.5, 0.6) is 0 Å². The Morgan fingerprint density at radius 1 is 1.38 bits per heavy atom. The minimum atomic E-state index is 0.162. The first-order valence-corrected chi connectivity index (χ1v) is 6.24. The van der Waals surface area contributed by atoms with E-state index in [-0.39, 0.29) is 5.60 Å². The average Bonchev–Trinajstić information content (AvgIpc) is 2.74. The second-order valence-corrected chi connectivity index (χ2v) is 4.93. The number of ether oxygens (including phenoxy) is 1. The number of hydrogen-bond acceptors (Lipinski definition) is 2. The van der Waals surface area contributed by atoms with Gasteiger partial charge in [0.15, 0.2) is 0 Å². The van der Waals surface area contributed by atoms with Crippen molar-refractivity contribution in [2.24, 2.45) is 10.9 Å². The zero-order valence-corrected chi connectivity index (χ0v) is 9.95. The van der Waals surface area contributed by atoms with Crippen LogP contribution in [0.15, 0.2) is 29.9 Å². The van der Waals surface area contributed by atoms with Gasteiger partial charge < -0.3 is 4.74 Å². The van der Waals surface area contributed by atoms with Gasteiger partial charge in [0.25, 0.3) is 0 Å². The average molecular weight is 219 g/mol. The Labute approximate surface area is 98.1 Å². The fourth-order valence-electron chi connectivity index (χ4n) is 2.93. The summed E-state index contributed by atoms with van der Waals surface area (Å²) in [6.07, 6.45) is 10.7. The Morgan fingerprint density at radius 3 is 2.81 bits per heavy atom. The third-order valence-electron chi connectivity index (χ3n) is 3.82. The maximum Gasteiger partial charge on any atom is 0.0689 e. The van der Waals surface area contributed by atoms with Crippen molar-refractivity contribution >= 4 is 6.21 Å². The van der Waals surface area contributed by atoms with Crippen LogP contribution in [0.25, 0.3) is 0 Å². The lowest BCUT2D eigenvalue weighted by Gasteiger charge is -2.38. The predicted octanol–water partition coefficient (Wildman–Crippen LogP) is 3.50. The summed E-state index contributed by atoms with van der Waals surface area (Å²) < 4.78 is 6.00. The molecule has 0 aromatic heterocycles. The summed E-state index contributed by atoms with van der Waals surface area (Å²) in [7, 11) is 0. The van der Waals surface area contributed by atoms with Gasteiger partial charge in [-0.2, -0.15) is 0 Å². The van der Waals surface area contributed by atoms with Gasteiger partial charge in [-0.15, -0.1) is 0 Å². The normalized spacial score (nSPS) is 28.6. The molecule has 1 atom stereocenters. The quantitative estimate of drug-likeness (QED) is 0.666. The fraction of sp³-hybridized carbons (Fsp3) is 0.643. The molecule has 2 nitrogen and oxygen atoms in total. The van der Waals surface area contributed by atoms with Gasteiger partial charge in [-0.3, -0.25) is 4.99 Å². The van der Waals surface area contributed by atoms with Gasteiger partial charge >= 0.3 is 0 Å². The summed E-state index contributed by atoms with van der Waals surface area (Å²) in [5, 5.41) is 0. The van der Waals surface area contributed by atoms with Crippen LogP contribution in [-0.2, 0) is 4.74 Å². The smallest absolute Gasteiger partial charge is 0.0689 e. The second-order valence-electron chi connectivity index (χ2n) is 4.93. The van der Waals surface area contributed by atoms with Crippen LogP contribution < -0.4 is 0 Å². The van der Waals surface area contributed by atoms with E-state index in [1.54, 1.807) is 12.3 Å². The predicted molar refractivity (Wildman–Crippen MR) is 67.7 cm³/mol. The molecule has 0 amide bonds. The Morgan fingerprint density at radius 2 is 2.12 bits per heavy atom. The minimum absolute atomic E-state index is 0.162. The molecule has 1 saturated heterocycles. The number of allylic oxidation sites excluding steroid dienone is 2. The summed E-state index contributed by atoms with van der Waals surface area (Å²) in [6.45, 7) is 8.57. The van der Waals surface area contributed by atoms with Crippen molar-refractivity contribution in [2.45, 2.75) is 44.1 Å². The molecule has 2 aliphatic rings. The molecule has 0 radical (unpaired) electrons. The van der Waals surface area contributed by atoms with E-state index in [0.717, 1.165) is 25.1 Å². The van der Waals surface area contributed by atoms with Crippen LogP contribution >= 0.6 is 0 Å². The van der Waals surface area contributed by atoms with Gasteiger partial charge in [-0.25, -0.2) is 0 Å². The molecule has 88 valence electrons. The van der Waals surface area contributed by atoms with Crippen LogP contribution in [0.3, 0.4) is 0 Å². The Hall–Kier alpha value is -0.890. The van der Waals surface area contributed by atoms with Crippen molar-refractivity contribution in [3.05, 3.63) is 24.9 Å². The molecular formula is C14H21NO. The zero-order valence-electron chi connectivity index (χ0n) is 9.95. The Bertz CT molecular complexity index is 300. The minimum Gasteiger partial charge on any atom is -0.375 e. The fourth-order valence-corrected chi connectivity index (χ4v) is 2.93. The third-order valence-corrected chi connectivity index (χ3v) is 3.82. The molecule has 1 aliphatic carbocycles. The molecule has 0 N–H and O–H groups in total. The highest BCUT2D eigenvalue weighted by atomic mass is 16.5. The van der Waals surface area contributed by atoms with E-state index in [1.807, 2.05) is 0 Å². The summed E-state index contributed by atoms with van der Waals surface area (Å²) in [5.74, 6) is 0.503. The van der Waals surface area contributed by atoms with Crippen LogP contribution in [0.4, 0.5) is 0 Å². The first-order chi connectivity index (χ1) is 7.76. The van der Waals surface area contributed by atoms with E-state index >= 15 is 0 Å². The molecule has 1 saturated carbocycles. The maximum absolute atomic E-state index is 6.00. The van der Waals surface area contributed by atoms with Crippen molar-refractivity contribution in [3.8, 4) is 0 Å². The van der Waals surface area contributed by atoms with Crippen molar-refractivity contribution < 1.29 is 4.74 Å². The molecule has 0 aromatic rings. The molecule has 1 aliphatic heterocycles. The lowest BCUT2D eigenvalue weighted by molar-refractivity contribution is -0.0870. The highest BCUT2D eigenvalue weighted by Gasteiger charge is 2.40. The lowest BCUT2D eigenvalue weighted by atomic mass is 9.83. The maximum atomic E-state index is 6.00. The summed E-state index contributed by atoms with van der Waals surface area (Å²) in [4.78, 5) is 4.33. The summed E-state index contributed by atoms with van der Waals surface area (Å²) in [6, 6.07) is 0. The van der Waals surface area contributed by atoms with Gasteiger partial charge in [-0.1, -0.05) is 32.1 Å². The van der Waals surface area contributed by atoms with Gasteiger partial charge in [0.1, 0.15) is 0 Å². The topological polar surface area (TPSA) is 21.6 Å². The van der Waals surface area contributed by atoms with E-state index in [1.165, 1.54) is 25.7 Å². The Kier molecular flexibility index (Phi) is 3.59. The van der Waals surface area contributed by atoms with E-state index in [2.05, 4.69) is 18.2 Å². The molecule has 1 spiro atoms. The van der Waals surface area contributed by atoms with Crippen LogP contribution in [0.2, 0.25) is 0 Å². The molecular weight excluding hydrogens is 198 g/mol. The molecule has 16 heavy (non-hydrogen) atoms. The van der Waals surface area contributed by atoms with Crippen molar-refractivity contribution in [3.63, 3.8) is 0 Å². The van der Waals surface area contributed by atoms with Crippen molar-refractivity contribution in [1.82, 2.24) is 0 Å². The van der Waals surface area contributed by atoms with Crippen LogP contribution in [0.1, 0.15) is 38.5 Å². The van der Waals surface area contributed by atoms with Crippen molar-refractivity contribution in [2.75, 3.05) is 6.61 Å². The standard InChI is InChI=1S/C14H21NO/c1-3-9-15-12(2)13-6-10-16-14(11-13)7-4-5-8-14/h3,9,13H,1-2,4-8,10-11H2/t13-/m1/s1. The molecule has 0 unspecified atom stereocenters. The summed E-state index contributed by atoms with van der Waals surface area (Å²) in [5.41, 5.74) is 1.16. The highest BCUT2D eigenvalue weighted by molar-refractivity contribution is 5.71. The monoisotopic (exact) mass is 219 g/mol. The highest BCUT2D eigenvalue weighted by Crippen LogP contribution is 2.43.